The topological polar surface area (TPSA) is 30.0 Å². The van der Waals surface area contributed by atoms with Crippen LogP contribution < -0.4 is 0 Å². The van der Waals surface area contributed by atoms with E-state index in [2.05, 4.69) is 76.6 Å². The first-order chi connectivity index (χ1) is 16.7. The average molecular weight is 500 g/mol. The fourth-order valence-electron chi connectivity index (χ4n) is 5.30. The first-order valence-corrected chi connectivity index (χ1v) is 12.1. The highest BCUT2D eigenvalue weighted by molar-refractivity contribution is 9.10. The van der Waals surface area contributed by atoms with E-state index in [9.17, 15) is 4.79 Å². The number of halogens is 1. The number of rotatable bonds is 2. The second kappa shape index (κ2) is 7.34. The van der Waals surface area contributed by atoms with Gasteiger partial charge in [-0.2, -0.15) is 0 Å². The van der Waals surface area contributed by atoms with E-state index in [-0.39, 0.29) is 5.78 Å². The summed E-state index contributed by atoms with van der Waals surface area (Å²) in [5, 5.41) is 0. The highest BCUT2D eigenvalue weighted by atomic mass is 79.9. The third-order valence-corrected chi connectivity index (χ3v) is 7.45. The number of carbonyl (C=O) groups is 1. The Labute approximate surface area is 206 Å². The SMILES string of the molecule is O=C1c2ccccc2-c2nc(-c3ccc4c(c3)Cc3ccccc3-4)cc(-c3ccc(Br)cc3)c21. The molecule has 4 aromatic carbocycles. The van der Waals surface area contributed by atoms with Gasteiger partial charge >= 0.3 is 0 Å². The first kappa shape index (κ1) is 19.6. The van der Waals surface area contributed by atoms with Crippen molar-refractivity contribution in [1.82, 2.24) is 4.98 Å². The Balaban J connectivity index is 1.45. The molecule has 3 heteroatoms. The van der Waals surface area contributed by atoms with Crippen molar-refractivity contribution in [2.24, 2.45) is 0 Å². The summed E-state index contributed by atoms with van der Waals surface area (Å²) in [6, 6.07) is 33.2. The number of fused-ring (bicyclic) bond motifs is 6. The van der Waals surface area contributed by atoms with Gasteiger partial charge in [-0.05, 0) is 64.1 Å². The Hall–Kier alpha value is -3.82. The Kier molecular flexibility index (Phi) is 4.24. The van der Waals surface area contributed by atoms with Gasteiger partial charge in [-0.25, -0.2) is 4.98 Å². The zero-order valence-electron chi connectivity index (χ0n) is 18.2. The maximum absolute atomic E-state index is 13.4. The predicted octanol–water partition coefficient (Wildman–Crippen LogP) is 7.96. The van der Waals surface area contributed by atoms with Crippen LogP contribution in [0, 0.1) is 0 Å². The molecule has 2 nitrogen and oxygen atoms in total. The zero-order chi connectivity index (χ0) is 22.8. The van der Waals surface area contributed by atoms with Crippen molar-refractivity contribution in [3.05, 3.63) is 124 Å². The van der Waals surface area contributed by atoms with E-state index in [1.54, 1.807) is 0 Å². The summed E-state index contributed by atoms with van der Waals surface area (Å²) in [6.45, 7) is 0. The van der Waals surface area contributed by atoms with Crippen LogP contribution in [-0.4, -0.2) is 10.8 Å². The average Bonchev–Trinajstić information content (AvgIpc) is 3.39. The molecule has 5 aromatic rings. The standard InChI is InChI=1S/C31H18BrNO/c32-22-12-9-18(10-13-22)27-17-28(33-30-25-7-3-4-8-26(25)31(34)29(27)30)20-11-14-24-21(16-20)15-19-5-1-2-6-23(19)24/h1-14,16-17H,15H2. The van der Waals surface area contributed by atoms with Gasteiger partial charge in [0.25, 0.3) is 0 Å². The highest BCUT2D eigenvalue weighted by Gasteiger charge is 2.31. The number of nitrogens with zero attached hydrogens (tertiary/aromatic N) is 1. The van der Waals surface area contributed by atoms with Gasteiger partial charge in [0.2, 0.25) is 0 Å². The fraction of sp³-hybridized carbons (Fsp3) is 0.0323. The largest absolute Gasteiger partial charge is 0.288 e. The van der Waals surface area contributed by atoms with E-state index in [0.717, 1.165) is 50.1 Å². The summed E-state index contributed by atoms with van der Waals surface area (Å²) in [6.07, 6.45) is 0.936. The van der Waals surface area contributed by atoms with Gasteiger partial charge in [-0.3, -0.25) is 4.79 Å². The Bertz CT molecular complexity index is 1650. The Morgan fingerprint density at radius 2 is 1.29 bits per heavy atom. The van der Waals surface area contributed by atoms with Gasteiger partial charge in [0.05, 0.1) is 17.0 Å². The van der Waals surface area contributed by atoms with Crippen molar-refractivity contribution in [3.63, 3.8) is 0 Å². The molecule has 0 saturated heterocycles. The van der Waals surface area contributed by atoms with Gasteiger partial charge < -0.3 is 0 Å². The molecule has 160 valence electrons. The molecular weight excluding hydrogens is 482 g/mol. The lowest BCUT2D eigenvalue weighted by molar-refractivity contribution is 0.104. The van der Waals surface area contributed by atoms with Crippen LogP contribution in [0.2, 0.25) is 0 Å². The van der Waals surface area contributed by atoms with Crippen LogP contribution in [0.4, 0.5) is 0 Å². The third-order valence-electron chi connectivity index (χ3n) is 6.92. The zero-order valence-corrected chi connectivity index (χ0v) is 19.8. The molecule has 2 aliphatic carbocycles. The molecule has 34 heavy (non-hydrogen) atoms. The summed E-state index contributed by atoms with van der Waals surface area (Å²) in [5.41, 5.74) is 12.3. The normalized spacial score (nSPS) is 12.8. The second-order valence-corrected chi connectivity index (χ2v) is 9.78. The lowest BCUT2D eigenvalue weighted by Gasteiger charge is -2.12. The van der Waals surface area contributed by atoms with Crippen LogP contribution in [0.1, 0.15) is 27.0 Å². The molecule has 0 atom stereocenters. The van der Waals surface area contributed by atoms with Crippen LogP contribution in [0.3, 0.4) is 0 Å². The lowest BCUT2D eigenvalue weighted by atomic mass is 9.95. The second-order valence-electron chi connectivity index (χ2n) is 8.87. The van der Waals surface area contributed by atoms with Gasteiger partial charge in [-0.15, -0.1) is 0 Å². The maximum atomic E-state index is 13.4. The number of benzene rings is 4. The number of pyridine rings is 1. The molecule has 0 fully saturated rings. The predicted molar refractivity (Wildman–Crippen MR) is 140 cm³/mol. The van der Waals surface area contributed by atoms with Crippen molar-refractivity contribution >= 4 is 21.7 Å². The first-order valence-electron chi connectivity index (χ1n) is 11.3. The molecule has 0 spiro atoms. The lowest BCUT2D eigenvalue weighted by Crippen LogP contribution is -2.00. The van der Waals surface area contributed by atoms with E-state index in [4.69, 9.17) is 4.98 Å². The van der Waals surface area contributed by atoms with Gasteiger partial charge in [0.15, 0.2) is 5.78 Å². The fourth-order valence-corrected chi connectivity index (χ4v) is 5.57. The smallest absolute Gasteiger partial charge is 0.196 e. The number of hydrogen-bond donors (Lipinski definition) is 0. The molecule has 7 rings (SSSR count). The molecule has 0 saturated carbocycles. The molecule has 0 amide bonds. The van der Waals surface area contributed by atoms with Crippen molar-refractivity contribution in [3.8, 4) is 44.8 Å². The molecular formula is C31H18BrNO. The molecule has 1 aromatic heterocycles. The minimum atomic E-state index is 0.0481. The molecule has 0 N–H and O–H groups in total. The summed E-state index contributed by atoms with van der Waals surface area (Å²) in [4.78, 5) is 18.5. The number of aromatic nitrogens is 1. The highest BCUT2D eigenvalue weighted by Crippen LogP contribution is 2.44. The van der Waals surface area contributed by atoms with E-state index in [0.29, 0.717) is 5.56 Å². The van der Waals surface area contributed by atoms with E-state index < -0.39 is 0 Å². The van der Waals surface area contributed by atoms with Crippen molar-refractivity contribution in [1.29, 1.82) is 0 Å². The minimum Gasteiger partial charge on any atom is -0.288 e. The summed E-state index contributed by atoms with van der Waals surface area (Å²) < 4.78 is 1.01. The molecule has 0 aliphatic heterocycles. The Morgan fingerprint density at radius 1 is 0.618 bits per heavy atom. The molecule has 2 aliphatic rings. The van der Waals surface area contributed by atoms with E-state index in [1.165, 1.54) is 22.3 Å². The van der Waals surface area contributed by atoms with Crippen molar-refractivity contribution in [2.75, 3.05) is 0 Å². The van der Waals surface area contributed by atoms with Crippen LogP contribution in [0.15, 0.2) is 102 Å². The van der Waals surface area contributed by atoms with Gasteiger partial charge in [-0.1, -0.05) is 88.7 Å². The summed E-state index contributed by atoms with van der Waals surface area (Å²) >= 11 is 3.53. The Morgan fingerprint density at radius 3 is 2.12 bits per heavy atom. The van der Waals surface area contributed by atoms with Crippen LogP contribution in [0.5, 0.6) is 0 Å². The van der Waals surface area contributed by atoms with Crippen molar-refractivity contribution in [2.45, 2.75) is 6.42 Å². The van der Waals surface area contributed by atoms with Crippen LogP contribution >= 0.6 is 15.9 Å². The third kappa shape index (κ3) is 2.87. The molecule has 1 heterocycles. The number of ketones is 1. The monoisotopic (exact) mass is 499 g/mol. The molecule has 0 unspecified atom stereocenters. The summed E-state index contributed by atoms with van der Waals surface area (Å²) in [7, 11) is 0. The number of hydrogen-bond acceptors (Lipinski definition) is 2. The quantitative estimate of drug-likeness (QED) is 0.241. The van der Waals surface area contributed by atoms with Crippen LogP contribution in [-0.2, 0) is 6.42 Å². The van der Waals surface area contributed by atoms with E-state index in [1.807, 2.05) is 36.4 Å². The minimum absolute atomic E-state index is 0.0481. The van der Waals surface area contributed by atoms with Gasteiger partial charge in [0.1, 0.15) is 0 Å². The molecule has 0 radical (unpaired) electrons. The van der Waals surface area contributed by atoms with Crippen LogP contribution in [0.25, 0.3) is 44.8 Å². The maximum Gasteiger partial charge on any atom is 0.196 e. The van der Waals surface area contributed by atoms with Crippen molar-refractivity contribution < 1.29 is 4.79 Å². The van der Waals surface area contributed by atoms with Gasteiger partial charge in [0, 0.05) is 21.2 Å². The molecule has 0 bridgehead atoms. The van der Waals surface area contributed by atoms with E-state index >= 15 is 0 Å². The number of carbonyl (C=O) groups excluding carboxylic acids is 1. The summed E-state index contributed by atoms with van der Waals surface area (Å²) in [5.74, 6) is 0.0481.